The van der Waals surface area contributed by atoms with Gasteiger partial charge in [0.2, 0.25) is 0 Å². The summed E-state index contributed by atoms with van der Waals surface area (Å²) in [6.45, 7) is 1.46. The smallest absolute Gasteiger partial charge is 0.306 e. The van der Waals surface area contributed by atoms with Gasteiger partial charge >= 0.3 is 5.97 Å². The number of nitrogens with two attached hydrogens (primary N) is 1. The lowest BCUT2D eigenvalue weighted by Crippen LogP contribution is -2.21. The van der Waals surface area contributed by atoms with Gasteiger partial charge in [-0.1, -0.05) is 12.1 Å². The maximum atomic E-state index is 11.0. The number of benzene rings is 1. The van der Waals surface area contributed by atoms with Gasteiger partial charge in [0.15, 0.2) is 0 Å². The van der Waals surface area contributed by atoms with E-state index in [9.17, 15) is 4.79 Å². The van der Waals surface area contributed by atoms with Gasteiger partial charge in [0.1, 0.15) is 0 Å². The number of carbonyl (C=O) groups excluding carboxylic acids is 1. The second-order valence-electron chi connectivity index (χ2n) is 3.81. The second-order valence-corrected chi connectivity index (χ2v) is 3.81. The summed E-state index contributed by atoms with van der Waals surface area (Å²) in [5.74, 6) is -0.181. The third kappa shape index (κ3) is 4.31. The third-order valence-electron chi connectivity index (χ3n) is 2.33. The van der Waals surface area contributed by atoms with E-state index in [1.54, 1.807) is 0 Å². The minimum atomic E-state index is -0.181. The lowest BCUT2D eigenvalue weighted by molar-refractivity contribution is -0.140. The number of carbonyl (C=O) groups is 1. The Bertz CT molecular complexity index is 353. The Morgan fingerprint density at radius 3 is 2.88 bits per heavy atom. The van der Waals surface area contributed by atoms with Crippen LogP contribution in [0.2, 0.25) is 0 Å². The van der Waals surface area contributed by atoms with Crippen molar-refractivity contribution in [3.63, 3.8) is 0 Å². The highest BCUT2D eigenvalue weighted by Gasteiger charge is 2.04. The summed E-state index contributed by atoms with van der Waals surface area (Å²) in [6.07, 6.45) is 0.412. The van der Waals surface area contributed by atoms with E-state index < -0.39 is 0 Å². The van der Waals surface area contributed by atoms with Crippen LogP contribution in [0.5, 0.6) is 0 Å². The first-order valence-corrected chi connectivity index (χ1v) is 5.21. The van der Waals surface area contributed by atoms with Crippen molar-refractivity contribution in [1.29, 1.82) is 0 Å². The molecule has 1 rings (SSSR count). The van der Waals surface area contributed by atoms with Crippen molar-refractivity contribution in [3.05, 3.63) is 29.8 Å². The molecule has 0 aliphatic heterocycles. The molecule has 88 valence electrons. The van der Waals surface area contributed by atoms with Gasteiger partial charge in [0.25, 0.3) is 0 Å². The second kappa shape index (κ2) is 6.12. The number of nitrogens with zero attached hydrogens (tertiary/aromatic N) is 1. The molecule has 0 atom stereocenters. The first kappa shape index (κ1) is 12.5. The molecule has 1 aromatic carbocycles. The summed E-state index contributed by atoms with van der Waals surface area (Å²) in [4.78, 5) is 13.0. The molecule has 0 radical (unpaired) electrons. The van der Waals surface area contributed by atoms with E-state index >= 15 is 0 Å². The number of ether oxygens (including phenoxy) is 1. The molecule has 0 aliphatic carbocycles. The molecule has 0 unspecified atom stereocenters. The van der Waals surface area contributed by atoms with E-state index in [1.807, 2.05) is 31.3 Å². The van der Waals surface area contributed by atoms with Crippen molar-refractivity contribution in [1.82, 2.24) is 4.90 Å². The van der Waals surface area contributed by atoms with Crippen LogP contribution in [0.25, 0.3) is 0 Å². The number of nitrogen functional groups attached to an aromatic ring is 1. The fourth-order valence-corrected chi connectivity index (χ4v) is 1.47. The predicted molar refractivity (Wildman–Crippen MR) is 63.8 cm³/mol. The van der Waals surface area contributed by atoms with Crippen LogP contribution < -0.4 is 5.73 Å². The monoisotopic (exact) mass is 222 g/mol. The van der Waals surface area contributed by atoms with Gasteiger partial charge in [0.05, 0.1) is 13.5 Å². The van der Waals surface area contributed by atoms with Gasteiger partial charge in [-0.2, -0.15) is 0 Å². The van der Waals surface area contributed by atoms with Crippen LogP contribution in [0.15, 0.2) is 24.3 Å². The molecule has 0 aliphatic rings. The Hall–Kier alpha value is -1.55. The fraction of sp³-hybridized carbons (Fsp3) is 0.417. The summed E-state index contributed by atoms with van der Waals surface area (Å²) in [5, 5.41) is 0. The van der Waals surface area contributed by atoms with E-state index in [1.165, 1.54) is 7.11 Å². The van der Waals surface area contributed by atoms with E-state index in [2.05, 4.69) is 9.64 Å². The zero-order chi connectivity index (χ0) is 12.0. The summed E-state index contributed by atoms with van der Waals surface area (Å²) in [6, 6.07) is 7.75. The molecular formula is C12H18N2O2. The third-order valence-corrected chi connectivity index (χ3v) is 2.33. The highest BCUT2D eigenvalue weighted by molar-refractivity contribution is 5.69. The fourth-order valence-electron chi connectivity index (χ4n) is 1.47. The van der Waals surface area contributed by atoms with Crippen LogP contribution in [0.3, 0.4) is 0 Å². The first-order valence-electron chi connectivity index (χ1n) is 5.21. The van der Waals surface area contributed by atoms with Crippen molar-refractivity contribution >= 4 is 11.7 Å². The van der Waals surface area contributed by atoms with Crippen LogP contribution in [0.4, 0.5) is 5.69 Å². The normalized spacial score (nSPS) is 10.4. The number of esters is 1. The molecular weight excluding hydrogens is 204 g/mol. The van der Waals surface area contributed by atoms with Crippen LogP contribution in [0, 0.1) is 0 Å². The standard InChI is InChI=1S/C12H18N2O2/c1-14(7-6-12(15)16-2)9-10-4-3-5-11(13)8-10/h3-5,8H,6-7,9,13H2,1-2H3. The summed E-state index contributed by atoms with van der Waals surface area (Å²) in [5.41, 5.74) is 7.59. The maximum absolute atomic E-state index is 11.0. The predicted octanol–water partition coefficient (Wildman–Crippen LogP) is 1.26. The summed E-state index contributed by atoms with van der Waals surface area (Å²) >= 11 is 0. The van der Waals surface area contributed by atoms with Gasteiger partial charge in [-0.3, -0.25) is 4.79 Å². The minimum absolute atomic E-state index is 0.181. The molecule has 4 heteroatoms. The van der Waals surface area contributed by atoms with Crippen LogP contribution in [0.1, 0.15) is 12.0 Å². The van der Waals surface area contributed by atoms with Gasteiger partial charge in [0, 0.05) is 18.8 Å². The quantitative estimate of drug-likeness (QED) is 0.602. The molecule has 0 amide bonds. The van der Waals surface area contributed by atoms with Crippen LogP contribution in [-0.2, 0) is 16.1 Å². The number of methoxy groups -OCH3 is 1. The van der Waals surface area contributed by atoms with Crippen LogP contribution in [-0.4, -0.2) is 31.6 Å². The number of rotatable bonds is 5. The molecule has 2 N–H and O–H groups in total. The molecule has 0 saturated heterocycles. The van der Waals surface area contributed by atoms with E-state index in [4.69, 9.17) is 5.73 Å². The molecule has 1 aromatic rings. The van der Waals surface area contributed by atoms with Gasteiger partial charge in [-0.05, 0) is 24.7 Å². The van der Waals surface area contributed by atoms with Gasteiger partial charge in [-0.25, -0.2) is 0 Å². The SMILES string of the molecule is COC(=O)CCN(C)Cc1cccc(N)c1. The molecule has 0 spiro atoms. The zero-order valence-electron chi connectivity index (χ0n) is 9.77. The summed E-state index contributed by atoms with van der Waals surface area (Å²) < 4.78 is 4.58. The van der Waals surface area contributed by atoms with Crippen molar-refractivity contribution in [3.8, 4) is 0 Å². The van der Waals surface area contributed by atoms with E-state index in [0.717, 1.165) is 17.8 Å². The Morgan fingerprint density at radius 2 is 2.25 bits per heavy atom. The molecule has 0 aromatic heterocycles. The summed E-state index contributed by atoms with van der Waals surface area (Å²) in [7, 11) is 3.37. The molecule has 0 fully saturated rings. The van der Waals surface area contributed by atoms with Gasteiger partial charge in [-0.15, -0.1) is 0 Å². The lowest BCUT2D eigenvalue weighted by Gasteiger charge is -2.16. The molecule has 4 nitrogen and oxygen atoms in total. The van der Waals surface area contributed by atoms with Crippen LogP contribution >= 0.6 is 0 Å². The molecule has 0 heterocycles. The Kier molecular flexibility index (Phi) is 4.79. The Labute approximate surface area is 96.0 Å². The molecule has 0 bridgehead atoms. The van der Waals surface area contributed by atoms with Crippen molar-refractivity contribution < 1.29 is 9.53 Å². The van der Waals surface area contributed by atoms with E-state index in [0.29, 0.717) is 13.0 Å². The van der Waals surface area contributed by atoms with E-state index in [-0.39, 0.29) is 5.97 Å². The highest BCUT2D eigenvalue weighted by Crippen LogP contribution is 2.08. The van der Waals surface area contributed by atoms with Crippen molar-refractivity contribution in [2.24, 2.45) is 0 Å². The number of hydrogen-bond donors (Lipinski definition) is 1. The molecule has 0 saturated carbocycles. The lowest BCUT2D eigenvalue weighted by atomic mass is 10.2. The largest absolute Gasteiger partial charge is 0.469 e. The minimum Gasteiger partial charge on any atom is -0.469 e. The van der Waals surface area contributed by atoms with Gasteiger partial charge < -0.3 is 15.4 Å². The van der Waals surface area contributed by atoms with Crippen molar-refractivity contribution in [2.45, 2.75) is 13.0 Å². The first-order chi connectivity index (χ1) is 7.61. The Balaban J connectivity index is 2.39. The highest BCUT2D eigenvalue weighted by atomic mass is 16.5. The average Bonchev–Trinajstić information content (AvgIpc) is 2.26. The average molecular weight is 222 g/mol. The number of anilines is 1. The topological polar surface area (TPSA) is 55.6 Å². The molecule has 16 heavy (non-hydrogen) atoms. The Morgan fingerprint density at radius 1 is 1.50 bits per heavy atom. The number of hydrogen-bond acceptors (Lipinski definition) is 4. The zero-order valence-corrected chi connectivity index (χ0v) is 9.77. The maximum Gasteiger partial charge on any atom is 0.306 e. The van der Waals surface area contributed by atoms with Crippen molar-refractivity contribution in [2.75, 3.05) is 26.4 Å².